The van der Waals surface area contributed by atoms with Gasteiger partial charge in [-0.3, -0.25) is 0 Å². The van der Waals surface area contributed by atoms with Gasteiger partial charge in [-0.2, -0.15) is 0 Å². The van der Waals surface area contributed by atoms with Gasteiger partial charge < -0.3 is 20.9 Å². The number of halogens is 4. The number of hydrogen-bond acceptors (Lipinski definition) is 3. The molecule has 0 aromatic heterocycles. The molecule has 0 saturated heterocycles. The lowest BCUT2D eigenvalue weighted by atomic mass is 10.2. The van der Waals surface area contributed by atoms with E-state index in [4.69, 9.17) is 10.8 Å². The zero-order valence-corrected chi connectivity index (χ0v) is 14.6. The van der Waals surface area contributed by atoms with Gasteiger partial charge in [-0.15, -0.1) is 37.1 Å². The van der Waals surface area contributed by atoms with Crippen molar-refractivity contribution in [3.63, 3.8) is 0 Å². The Hall–Kier alpha value is -2.17. The molecular weight excluding hydrogens is 438 g/mol. The molecule has 0 saturated carbocycles. The number of ether oxygens (including phenoxy) is 1. The molecule has 0 aliphatic carbocycles. The zero-order chi connectivity index (χ0) is 16.9. The summed E-state index contributed by atoms with van der Waals surface area (Å²) in [6, 6.07) is 11.6. The summed E-state index contributed by atoms with van der Waals surface area (Å²) in [5, 5.41) is 11.9. The molecule has 0 aliphatic rings. The second-order valence-corrected chi connectivity index (χ2v) is 4.57. The van der Waals surface area contributed by atoms with Gasteiger partial charge in [0, 0.05) is 5.69 Å². The first kappa shape index (κ1) is 19.9. The van der Waals surface area contributed by atoms with Crippen LogP contribution in [0.4, 0.5) is 18.9 Å². The molecule has 24 heavy (non-hydrogen) atoms. The van der Waals surface area contributed by atoms with E-state index >= 15 is 0 Å². The number of hydrogen-bond donors (Lipinski definition) is 3. The van der Waals surface area contributed by atoms with Crippen LogP contribution < -0.4 is 15.8 Å². The van der Waals surface area contributed by atoms with Gasteiger partial charge in [0.15, 0.2) is 5.96 Å². The van der Waals surface area contributed by atoms with Crippen LogP contribution >= 0.6 is 24.0 Å². The van der Waals surface area contributed by atoms with Crippen molar-refractivity contribution in [2.75, 3.05) is 5.32 Å². The van der Waals surface area contributed by atoms with Gasteiger partial charge in [0.1, 0.15) is 11.5 Å². The Labute approximate surface area is 153 Å². The highest BCUT2D eigenvalue weighted by Crippen LogP contribution is 2.23. The number of nitrogens with two attached hydrogens (primary N) is 1. The van der Waals surface area contributed by atoms with Crippen molar-refractivity contribution in [1.29, 1.82) is 0 Å². The molecule has 0 atom stereocenters. The molecular formula is C15H15F3IN3O2. The van der Waals surface area contributed by atoms with E-state index in [9.17, 15) is 13.2 Å². The van der Waals surface area contributed by atoms with Crippen molar-refractivity contribution in [3.8, 4) is 11.5 Å². The number of guanidine groups is 1. The van der Waals surface area contributed by atoms with Crippen LogP contribution in [0.3, 0.4) is 0 Å². The van der Waals surface area contributed by atoms with Crippen LogP contribution in [0.2, 0.25) is 0 Å². The zero-order valence-electron chi connectivity index (χ0n) is 12.2. The normalized spacial score (nSPS) is 11.5. The Bertz CT molecular complexity index is 674. The largest absolute Gasteiger partial charge is 0.573 e. The minimum absolute atomic E-state index is 0. The van der Waals surface area contributed by atoms with E-state index in [2.05, 4.69) is 15.0 Å². The predicted octanol–water partition coefficient (Wildman–Crippen LogP) is 3.84. The fourth-order valence-electron chi connectivity index (χ4n) is 1.71. The molecule has 0 bridgehead atoms. The molecule has 2 aromatic rings. The lowest BCUT2D eigenvalue weighted by molar-refractivity contribution is -0.274. The highest BCUT2D eigenvalue weighted by Gasteiger charge is 2.30. The Morgan fingerprint density at radius 2 is 1.67 bits per heavy atom. The van der Waals surface area contributed by atoms with Crippen molar-refractivity contribution in [3.05, 3.63) is 54.1 Å². The Morgan fingerprint density at radius 1 is 1.08 bits per heavy atom. The Kier molecular flexibility index (Phi) is 7.14. The molecule has 0 fully saturated rings. The van der Waals surface area contributed by atoms with E-state index in [0.29, 0.717) is 12.2 Å². The molecule has 0 unspecified atom stereocenters. The van der Waals surface area contributed by atoms with Gasteiger partial charge in [0.05, 0.1) is 6.54 Å². The number of benzene rings is 2. The highest BCUT2D eigenvalue weighted by atomic mass is 127. The van der Waals surface area contributed by atoms with E-state index in [-0.39, 0.29) is 41.4 Å². The molecule has 5 nitrogen and oxygen atoms in total. The first-order valence-corrected chi connectivity index (χ1v) is 6.52. The van der Waals surface area contributed by atoms with Crippen molar-refractivity contribution in [1.82, 2.24) is 0 Å². The number of anilines is 1. The summed E-state index contributed by atoms with van der Waals surface area (Å²) >= 11 is 0. The number of nitrogens with one attached hydrogen (secondary N) is 1. The van der Waals surface area contributed by atoms with Crippen molar-refractivity contribution in [2.45, 2.75) is 12.9 Å². The molecule has 2 aromatic carbocycles. The average Bonchev–Trinajstić information content (AvgIpc) is 2.47. The third-order valence-electron chi connectivity index (χ3n) is 2.73. The summed E-state index contributed by atoms with van der Waals surface area (Å²) in [6.45, 7) is 0.300. The third kappa shape index (κ3) is 6.94. The Morgan fingerprint density at radius 3 is 2.21 bits per heavy atom. The lowest BCUT2D eigenvalue weighted by Crippen LogP contribution is -2.22. The number of rotatable bonds is 4. The van der Waals surface area contributed by atoms with Crippen molar-refractivity contribution >= 4 is 35.6 Å². The van der Waals surface area contributed by atoms with E-state index in [1.54, 1.807) is 12.1 Å². The van der Waals surface area contributed by atoms with Crippen LogP contribution in [0.15, 0.2) is 53.5 Å². The quantitative estimate of drug-likeness (QED) is 0.374. The number of aliphatic imine (C=N–C) groups is 1. The molecule has 4 N–H and O–H groups in total. The maximum atomic E-state index is 12.0. The van der Waals surface area contributed by atoms with E-state index in [1.807, 2.05) is 0 Å². The van der Waals surface area contributed by atoms with Crippen LogP contribution in [0.5, 0.6) is 11.5 Å². The monoisotopic (exact) mass is 453 g/mol. The standard InChI is InChI=1S/C15H14F3N3O2.HI/c16-15(17,18)23-13-7-3-11(4-8-13)21-14(19)20-9-10-1-5-12(22)6-2-10;/h1-8,22H,9H2,(H3,19,20,21);1H. The molecule has 0 heterocycles. The van der Waals surface area contributed by atoms with Crippen LogP contribution in [0, 0.1) is 0 Å². The maximum absolute atomic E-state index is 12.0. The van der Waals surface area contributed by atoms with Crippen LogP contribution in [0.25, 0.3) is 0 Å². The first-order valence-electron chi connectivity index (χ1n) is 6.52. The topological polar surface area (TPSA) is 79.9 Å². The molecule has 0 radical (unpaired) electrons. The average molecular weight is 453 g/mol. The van der Waals surface area contributed by atoms with Crippen molar-refractivity contribution < 1.29 is 23.0 Å². The molecule has 0 aliphatic heterocycles. The van der Waals surface area contributed by atoms with Crippen LogP contribution in [-0.2, 0) is 6.54 Å². The number of alkyl halides is 3. The third-order valence-corrected chi connectivity index (χ3v) is 2.73. The van der Waals surface area contributed by atoms with Gasteiger partial charge in [-0.1, -0.05) is 12.1 Å². The number of nitrogens with zero attached hydrogens (tertiary/aromatic N) is 1. The smallest absolute Gasteiger partial charge is 0.508 e. The van der Waals surface area contributed by atoms with Crippen LogP contribution in [-0.4, -0.2) is 17.4 Å². The molecule has 0 spiro atoms. The molecule has 130 valence electrons. The predicted molar refractivity (Wildman–Crippen MR) is 95.6 cm³/mol. The summed E-state index contributed by atoms with van der Waals surface area (Å²) in [6.07, 6.45) is -4.72. The summed E-state index contributed by atoms with van der Waals surface area (Å²) < 4.78 is 39.9. The summed E-state index contributed by atoms with van der Waals surface area (Å²) in [4.78, 5) is 4.09. The van der Waals surface area contributed by atoms with E-state index in [1.165, 1.54) is 36.4 Å². The fourth-order valence-corrected chi connectivity index (χ4v) is 1.71. The van der Waals surface area contributed by atoms with Crippen molar-refractivity contribution in [2.24, 2.45) is 10.7 Å². The SMILES string of the molecule is I.NC(=NCc1ccc(O)cc1)Nc1ccc(OC(F)(F)F)cc1. The van der Waals surface area contributed by atoms with E-state index < -0.39 is 6.36 Å². The summed E-state index contributed by atoms with van der Waals surface area (Å²) in [5.41, 5.74) is 7.03. The molecule has 9 heteroatoms. The number of phenols is 1. The Balaban J connectivity index is 0.00000288. The molecule has 0 amide bonds. The van der Waals surface area contributed by atoms with E-state index in [0.717, 1.165) is 5.56 Å². The number of aromatic hydroxyl groups is 1. The highest BCUT2D eigenvalue weighted by molar-refractivity contribution is 14.0. The maximum Gasteiger partial charge on any atom is 0.573 e. The van der Waals surface area contributed by atoms with Gasteiger partial charge >= 0.3 is 6.36 Å². The lowest BCUT2D eigenvalue weighted by Gasteiger charge is -2.10. The summed E-state index contributed by atoms with van der Waals surface area (Å²) in [7, 11) is 0. The number of phenolic OH excluding ortho intramolecular Hbond substituents is 1. The van der Waals surface area contributed by atoms with Gasteiger partial charge in [0.25, 0.3) is 0 Å². The second-order valence-electron chi connectivity index (χ2n) is 4.57. The second kappa shape index (κ2) is 8.62. The van der Waals surface area contributed by atoms with Gasteiger partial charge in [-0.05, 0) is 42.0 Å². The van der Waals surface area contributed by atoms with Gasteiger partial charge in [0.2, 0.25) is 0 Å². The first-order chi connectivity index (χ1) is 10.8. The van der Waals surface area contributed by atoms with Crippen LogP contribution in [0.1, 0.15) is 5.56 Å². The fraction of sp³-hybridized carbons (Fsp3) is 0.133. The summed E-state index contributed by atoms with van der Waals surface area (Å²) in [5.74, 6) is -0.0461. The van der Waals surface area contributed by atoms with Gasteiger partial charge in [-0.25, -0.2) is 4.99 Å². The molecule has 2 rings (SSSR count). The minimum Gasteiger partial charge on any atom is -0.508 e. The minimum atomic E-state index is -4.72.